The fourth-order valence-electron chi connectivity index (χ4n) is 6.10. The van der Waals surface area contributed by atoms with Gasteiger partial charge in [0.25, 0.3) is 11.8 Å². The minimum atomic E-state index is -1.32. The monoisotopic (exact) mass is 736 g/mol. The van der Waals surface area contributed by atoms with Gasteiger partial charge < -0.3 is 20.3 Å². The molecule has 268 valence electrons. The first kappa shape index (κ1) is 36.7. The van der Waals surface area contributed by atoms with Gasteiger partial charge in [0.15, 0.2) is 5.16 Å². The number of pyridine rings is 1. The Bertz CT molecular complexity index is 2150. The van der Waals surface area contributed by atoms with Gasteiger partial charge in [0.2, 0.25) is 5.91 Å². The number of amides is 3. The first-order valence-corrected chi connectivity index (χ1v) is 21.9. The van der Waals surface area contributed by atoms with Gasteiger partial charge in [0.05, 0.1) is 17.0 Å². The van der Waals surface area contributed by atoms with Gasteiger partial charge in [-0.2, -0.15) is 0 Å². The molecule has 10 nitrogen and oxygen atoms in total. The number of hydrogen-bond donors (Lipinski definition) is 2. The summed E-state index contributed by atoms with van der Waals surface area (Å²) in [7, 11) is -1.32. The molecule has 0 saturated carbocycles. The highest BCUT2D eigenvalue weighted by Crippen LogP contribution is 2.37. The number of rotatable bonds is 13. The molecule has 1 aliphatic heterocycles. The second-order valence-corrected chi connectivity index (χ2v) is 20.2. The number of nitrogens with one attached hydrogen (secondary N) is 2. The molecule has 13 heteroatoms. The van der Waals surface area contributed by atoms with Crippen molar-refractivity contribution < 1.29 is 23.5 Å². The zero-order valence-electron chi connectivity index (χ0n) is 29.8. The van der Waals surface area contributed by atoms with Crippen LogP contribution >= 0.6 is 11.8 Å². The quantitative estimate of drug-likeness (QED) is 0.0712. The Hall–Kier alpha value is -5.11. The van der Waals surface area contributed by atoms with Crippen molar-refractivity contribution in [1.29, 1.82) is 0 Å². The van der Waals surface area contributed by atoms with Gasteiger partial charge in [-0.15, -0.1) is 0 Å². The van der Waals surface area contributed by atoms with Crippen molar-refractivity contribution >= 4 is 49.1 Å². The third-order valence-electron chi connectivity index (χ3n) is 8.65. The number of halogens is 1. The minimum absolute atomic E-state index is 0.0821. The van der Waals surface area contributed by atoms with E-state index in [9.17, 15) is 14.4 Å². The van der Waals surface area contributed by atoms with Gasteiger partial charge >= 0.3 is 0 Å². The number of thioether (sulfide) groups is 1. The lowest BCUT2D eigenvalue weighted by atomic mass is 10.0. The highest BCUT2D eigenvalue weighted by Gasteiger charge is 2.29. The molecule has 52 heavy (non-hydrogen) atoms. The van der Waals surface area contributed by atoms with E-state index in [0.717, 1.165) is 28.0 Å². The Labute approximate surface area is 307 Å². The van der Waals surface area contributed by atoms with E-state index >= 15 is 4.39 Å². The molecule has 0 atom stereocenters. The summed E-state index contributed by atoms with van der Waals surface area (Å²) >= 11 is 1.48. The van der Waals surface area contributed by atoms with Crippen LogP contribution in [-0.2, 0) is 29.4 Å². The summed E-state index contributed by atoms with van der Waals surface area (Å²) < 4.78 is 23.6. The maximum atomic E-state index is 15.4. The molecule has 0 aliphatic carbocycles. The normalized spacial score (nSPS) is 12.6. The smallest absolute Gasteiger partial charge is 0.258 e. The molecule has 3 heterocycles. The molecular formula is C39H41FN6O4SSi. The lowest BCUT2D eigenvalue weighted by Gasteiger charge is -2.18. The molecule has 3 aromatic carbocycles. The molecule has 0 saturated heterocycles. The maximum absolute atomic E-state index is 15.4. The summed E-state index contributed by atoms with van der Waals surface area (Å²) in [5.74, 6) is -1.30. The predicted octanol–water partition coefficient (Wildman–Crippen LogP) is 8.15. The van der Waals surface area contributed by atoms with Crippen molar-refractivity contribution in [2.45, 2.75) is 57.6 Å². The third kappa shape index (κ3) is 8.33. The first-order chi connectivity index (χ1) is 24.9. The lowest BCUT2D eigenvalue weighted by Crippen LogP contribution is -2.26. The summed E-state index contributed by atoms with van der Waals surface area (Å²) in [6.45, 7) is 9.68. The van der Waals surface area contributed by atoms with Crippen molar-refractivity contribution in [3.05, 3.63) is 113 Å². The van der Waals surface area contributed by atoms with Crippen LogP contribution in [0.3, 0.4) is 0 Å². The number of hydrogen-bond acceptors (Lipinski definition) is 7. The number of fused-ring (bicyclic) bond motifs is 1. The third-order valence-corrected chi connectivity index (χ3v) is 11.0. The van der Waals surface area contributed by atoms with E-state index < -0.39 is 19.8 Å². The minimum Gasteiger partial charge on any atom is -0.361 e. The molecule has 2 N–H and O–H groups in total. The second-order valence-electron chi connectivity index (χ2n) is 13.8. The summed E-state index contributed by atoms with van der Waals surface area (Å²) in [4.78, 5) is 49.7. The number of anilines is 2. The van der Waals surface area contributed by atoms with Gasteiger partial charge in [0, 0.05) is 63.3 Å². The van der Waals surface area contributed by atoms with Gasteiger partial charge in [-0.25, -0.2) is 14.4 Å². The van der Waals surface area contributed by atoms with Gasteiger partial charge in [0.1, 0.15) is 18.4 Å². The van der Waals surface area contributed by atoms with E-state index in [0.29, 0.717) is 47.0 Å². The van der Waals surface area contributed by atoms with Crippen LogP contribution < -0.4 is 10.6 Å². The summed E-state index contributed by atoms with van der Waals surface area (Å²) in [6, 6.07) is 23.7. The maximum Gasteiger partial charge on any atom is 0.258 e. The summed E-state index contributed by atoms with van der Waals surface area (Å²) in [6.07, 6.45) is 3.57. The fraction of sp³-hybridized carbons (Fsp3) is 0.256. The first-order valence-electron chi connectivity index (χ1n) is 16.9. The molecule has 0 unspecified atom stereocenters. The SMILES string of the molecule is CSc1nc(-c2cccc(NC(=O)c3c(F)cccc3CN3Cc4ccccc4C3=O)c2)c(-c2ccnc(NC(C)=O)c2)n1COCC[Si](C)(C)C. The Morgan fingerprint density at radius 1 is 0.981 bits per heavy atom. The Kier molecular flexibility index (Phi) is 11.0. The van der Waals surface area contributed by atoms with Crippen LogP contribution in [0.4, 0.5) is 15.9 Å². The molecule has 6 rings (SSSR count). The number of carbonyl (C=O) groups excluding carboxylic acids is 3. The molecule has 2 aromatic heterocycles. The van der Waals surface area contributed by atoms with Crippen LogP contribution in [0.15, 0.2) is 90.2 Å². The summed E-state index contributed by atoms with van der Waals surface area (Å²) in [5.41, 5.74) is 5.09. The topological polar surface area (TPSA) is 118 Å². The highest BCUT2D eigenvalue weighted by atomic mass is 32.2. The summed E-state index contributed by atoms with van der Waals surface area (Å²) in [5, 5.41) is 6.36. The van der Waals surface area contributed by atoms with E-state index in [4.69, 9.17) is 9.72 Å². The van der Waals surface area contributed by atoms with Crippen molar-refractivity contribution in [3.63, 3.8) is 0 Å². The van der Waals surface area contributed by atoms with Gasteiger partial charge in [-0.1, -0.05) is 73.9 Å². The van der Waals surface area contributed by atoms with Crippen molar-refractivity contribution in [1.82, 2.24) is 19.4 Å². The van der Waals surface area contributed by atoms with Crippen molar-refractivity contribution in [3.8, 4) is 22.5 Å². The fourth-order valence-corrected chi connectivity index (χ4v) is 7.41. The number of benzene rings is 3. The van der Waals surface area contributed by atoms with Crippen LogP contribution in [-0.4, -0.2) is 58.1 Å². The van der Waals surface area contributed by atoms with Crippen molar-refractivity contribution in [2.75, 3.05) is 23.5 Å². The number of nitrogens with zero attached hydrogens (tertiary/aromatic N) is 4. The molecule has 1 aliphatic rings. The number of aromatic nitrogens is 3. The zero-order chi connectivity index (χ0) is 37.0. The average Bonchev–Trinajstić information content (AvgIpc) is 3.63. The standard InChI is InChI=1S/C39H41FN6O4SSi/c1-25(47)42-33-21-27(16-17-41-33)36-35(44-39(51-2)46(36)24-50-18-19-52(3,4)5)26-11-8-13-30(20-26)43-37(48)34-29(12-9-15-32(34)40)23-45-22-28-10-6-7-14-31(28)38(45)49/h6-17,20-21H,18-19,22-24H2,1-5H3,(H,43,48)(H,41,42,47). The molecule has 0 fully saturated rings. The molecule has 0 radical (unpaired) electrons. The second kappa shape index (κ2) is 15.6. The molecule has 3 amide bonds. The Balaban J connectivity index is 1.32. The van der Waals surface area contributed by atoms with E-state index in [1.807, 2.05) is 41.2 Å². The van der Waals surface area contributed by atoms with Gasteiger partial charge in [-0.3, -0.25) is 19.0 Å². The molecule has 5 aromatic rings. The average molecular weight is 737 g/mol. The predicted molar refractivity (Wildman–Crippen MR) is 205 cm³/mol. The Morgan fingerprint density at radius 2 is 1.77 bits per heavy atom. The van der Waals surface area contributed by atoms with Gasteiger partial charge in [-0.05, 0) is 59.8 Å². The molecular weight excluding hydrogens is 696 g/mol. The highest BCUT2D eigenvalue weighted by molar-refractivity contribution is 7.98. The van der Waals surface area contributed by atoms with Crippen molar-refractivity contribution in [2.24, 2.45) is 0 Å². The van der Waals surface area contributed by atoms with E-state index in [1.165, 1.54) is 24.8 Å². The lowest BCUT2D eigenvalue weighted by molar-refractivity contribution is -0.114. The number of ether oxygens (including phenoxy) is 1. The van der Waals surface area contributed by atoms with E-state index in [-0.39, 0.29) is 30.7 Å². The Morgan fingerprint density at radius 3 is 2.52 bits per heavy atom. The van der Waals surface area contributed by atoms with Crippen LogP contribution in [0.1, 0.15) is 38.8 Å². The van der Waals surface area contributed by atoms with Crippen LogP contribution in [0.2, 0.25) is 25.7 Å². The molecule has 0 spiro atoms. The van der Waals surface area contributed by atoms with E-state index in [2.05, 4.69) is 35.3 Å². The zero-order valence-corrected chi connectivity index (χ0v) is 31.6. The van der Waals surface area contributed by atoms with Crippen LogP contribution in [0.25, 0.3) is 22.5 Å². The molecule has 0 bridgehead atoms. The number of carbonyl (C=O) groups is 3. The van der Waals surface area contributed by atoms with E-state index in [1.54, 1.807) is 53.6 Å². The van der Waals surface area contributed by atoms with Crippen LogP contribution in [0, 0.1) is 5.82 Å². The number of imidazole rings is 1. The largest absolute Gasteiger partial charge is 0.361 e. The van der Waals surface area contributed by atoms with Crippen LogP contribution in [0.5, 0.6) is 0 Å².